The van der Waals surface area contributed by atoms with Crippen LogP contribution in [0.15, 0.2) is 0 Å². The lowest BCUT2D eigenvalue weighted by molar-refractivity contribution is 0.0585. The van der Waals surface area contributed by atoms with Crippen LogP contribution in [0.4, 0.5) is 0 Å². The van der Waals surface area contributed by atoms with Gasteiger partial charge in [-0.2, -0.15) is 25.3 Å². The molecule has 6 nitrogen and oxygen atoms in total. The van der Waals surface area contributed by atoms with Gasteiger partial charge in [0, 0.05) is 51.7 Å². The normalized spacial score (nSPS) is 12.0. The predicted octanol–water partition coefficient (Wildman–Crippen LogP) is 7.05. The quantitative estimate of drug-likeness (QED) is 0.0974. The molecular formula is C24H56O6S2Si2. The molecule has 10 heteroatoms. The Kier molecular flexibility index (Phi) is 29.4. The molecule has 0 aromatic heterocycles. The van der Waals surface area contributed by atoms with Crippen LogP contribution < -0.4 is 0 Å². The maximum absolute atomic E-state index is 5.95. The molecule has 0 radical (unpaired) electrons. The second-order valence-corrected chi connectivity index (χ2v) is 14.5. The van der Waals surface area contributed by atoms with Crippen LogP contribution in [0.25, 0.3) is 0 Å². The SMILES string of the molecule is CCCO[Si](CCCS)(OCCC)OCCC.CCCO[Si](CCCS)(OCCC)OCCC. The van der Waals surface area contributed by atoms with Crippen LogP contribution in [0.5, 0.6) is 0 Å². The first-order valence-corrected chi connectivity index (χ1v) is 18.7. The lowest BCUT2D eigenvalue weighted by atomic mass is 10.5. The van der Waals surface area contributed by atoms with E-state index in [-0.39, 0.29) is 0 Å². The van der Waals surface area contributed by atoms with Crippen molar-refractivity contribution in [1.82, 2.24) is 0 Å². The third-order valence-electron chi connectivity index (χ3n) is 4.44. The molecule has 0 aliphatic heterocycles. The lowest BCUT2D eigenvalue weighted by Crippen LogP contribution is -2.46. The Morgan fingerprint density at radius 2 is 0.618 bits per heavy atom. The van der Waals surface area contributed by atoms with Gasteiger partial charge in [-0.15, -0.1) is 0 Å². The van der Waals surface area contributed by atoms with Crippen molar-refractivity contribution >= 4 is 42.9 Å². The van der Waals surface area contributed by atoms with Gasteiger partial charge in [0.2, 0.25) is 0 Å². The molecule has 0 spiro atoms. The van der Waals surface area contributed by atoms with E-state index >= 15 is 0 Å². The van der Waals surface area contributed by atoms with E-state index in [1.807, 2.05) is 0 Å². The van der Waals surface area contributed by atoms with E-state index in [4.69, 9.17) is 26.6 Å². The summed E-state index contributed by atoms with van der Waals surface area (Å²) in [6.45, 7) is 17.0. The van der Waals surface area contributed by atoms with Gasteiger partial charge in [-0.3, -0.25) is 0 Å². The van der Waals surface area contributed by atoms with E-state index < -0.39 is 17.6 Å². The van der Waals surface area contributed by atoms with Crippen LogP contribution in [-0.2, 0) is 26.6 Å². The summed E-state index contributed by atoms with van der Waals surface area (Å²) >= 11 is 8.52. The minimum Gasteiger partial charge on any atom is -0.373 e. The Morgan fingerprint density at radius 3 is 0.765 bits per heavy atom. The Balaban J connectivity index is 0. The molecule has 0 heterocycles. The van der Waals surface area contributed by atoms with Crippen LogP contribution in [-0.4, -0.2) is 68.8 Å². The fourth-order valence-electron chi connectivity index (χ4n) is 2.82. The summed E-state index contributed by atoms with van der Waals surface area (Å²) in [6.07, 6.45) is 7.99. The van der Waals surface area contributed by atoms with Crippen molar-refractivity contribution in [3.63, 3.8) is 0 Å². The third kappa shape index (κ3) is 20.0. The summed E-state index contributed by atoms with van der Waals surface area (Å²) in [5.41, 5.74) is 0. The Morgan fingerprint density at radius 1 is 0.412 bits per heavy atom. The minimum absolute atomic E-state index is 0.728. The number of thiol groups is 2. The van der Waals surface area contributed by atoms with Gasteiger partial charge < -0.3 is 26.6 Å². The van der Waals surface area contributed by atoms with Crippen LogP contribution in [0.1, 0.15) is 92.9 Å². The molecule has 0 aliphatic carbocycles. The molecule has 0 aromatic rings. The number of rotatable bonds is 24. The number of hydrogen-bond acceptors (Lipinski definition) is 8. The summed E-state index contributed by atoms with van der Waals surface area (Å²) in [4.78, 5) is 0. The van der Waals surface area contributed by atoms with Crippen molar-refractivity contribution in [3.05, 3.63) is 0 Å². The highest BCUT2D eigenvalue weighted by Gasteiger charge is 2.41. The zero-order valence-corrected chi connectivity index (χ0v) is 26.9. The second kappa shape index (κ2) is 26.9. The van der Waals surface area contributed by atoms with E-state index in [2.05, 4.69) is 66.8 Å². The van der Waals surface area contributed by atoms with Crippen LogP contribution in [0, 0.1) is 0 Å². The summed E-state index contributed by atoms with van der Waals surface area (Å²) in [7, 11) is -4.86. The summed E-state index contributed by atoms with van der Waals surface area (Å²) in [5, 5.41) is 0. The Hall–Kier alpha value is 0.894. The zero-order chi connectivity index (χ0) is 26.0. The lowest BCUT2D eigenvalue weighted by Gasteiger charge is -2.29. The highest BCUT2D eigenvalue weighted by molar-refractivity contribution is 7.80. The second-order valence-electron chi connectivity index (χ2n) is 8.11. The minimum atomic E-state index is -2.43. The molecule has 0 bridgehead atoms. The summed E-state index contributed by atoms with van der Waals surface area (Å²) in [6, 6.07) is 1.77. The topological polar surface area (TPSA) is 55.4 Å². The summed E-state index contributed by atoms with van der Waals surface area (Å²) in [5.74, 6) is 1.71. The molecule has 0 saturated carbocycles. The monoisotopic (exact) mass is 560 g/mol. The highest BCUT2D eigenvalue weighted by Crippen LogP contribution is 2.21. The zero-order valence-electron chi connectivity index (χ0n) is 23.1. The molecule has 0 unspecified atom stereocenters. The van der Waals surface area contributed by atoms with Crippen molar-refractivity contribution < 1.29 is 26.6 Å². The molecule has 0 fully saturated rings. The van der Waals surface area contributed by atoms with Gasteiger partial charge in [-0.25, -0.2) is 0 Å². The molecule has 0 N–H and O–H groups in total. The van der Waals surface area contributed by atoms with E-state index in [0.29, 0.717) is 0 Å². The molecule has 208 valence electrons. The molecule has 0 amide bonds. The van der Waals surface area contributed by atoms with E-state index in [1.54, 1.807) is 0 Å². The molecule has 0 rings (SSSR count). The Bertz CT molecular complexity index is 301. The molecule has 0 aliphatic rings. The molecule has 0 aromatic carbocycles. The molecule has 0 atom stereocenters. The summed E-state index contributed by atoms with van der Waals surface area (Å²) < 4.78 is 35.7. The van der Waals surface area contributed by atoms with Gasteiger partial charge in [0.15, 0.2) is 0 Å². The smallest absolute Gasteiger partial charge is 0.373 e. The van der Waals surface area contributed by atoms with E-state index in [9.17, 15) is 0 Å². The van der Waals surface area contributed by atoms with Crippen molar-refractivity contribution in [2.24, 2.45) is 0 Å². The van der Waals surface area contributed by atoms with Gasteiger partial charge in [0.1, 0.15) is 0 Å². The van der Waals surface area contributed by atoms with Crippen molar-refractivity contribution in [1.29, 1.82) is 0 Å². The fraction of sp³-hybridized carbons (Fsp3) is 1.00. The highest BCUT2D eigenvalue weighted by atomic mass is 32.1. The van der Waals surface area contributed by atoms with Gasteiger partial charge in [0.25, 0.3) is 0 Å². The van der Waals surface area contributed by atoms with Crippen molar-refractivity contribution in [2.75, 3.05) is 51.1 Å². The van der Waals surface area contributed by atoms with E-state index in [1.165, 1.54) is 0 Å². The standard InChI is InChI=1S/2C12H28O3SSi/c2*1-4-8-13-17(12-7-11-16,14-9-5-2)15-10-6-3/h2*16H,4-12H2,1-3H3. The van der Waals surface area contributed by atoms with Crippen LogP contribution in [0.2, 0.25) is 12.1 Å². The van der Waals surface area contributed by atoms with Crippen molar-refractivity contribution in [3.8, 4) is 0 Å². The van der Waals surface area contributed by atoms with Crippen LogP contribution in [0.3, 0.4) is 0 Å². The molecule has 0 saturated heterocycles. The fourth-order valence-corrected chi connectivity index (χ4v) is 9.41. The maximum atomic E-state index is 5.95. The molecular weight excluding hydrogens is 505 g/mol. The van der Waals surface area contributed by atoms with Gasteiger partial charge in [-0.1, -0.05) is 41.5 Å². The first-order valence-electron chi connectivity index (χ1n) is 13.5. The Labute approximate surface area is 225 Å². The van der Waals surface area contributed by atoms with Crippen LogP contribution >= 0.6 is 25.3 Å². The van der Waals surface area contributed by atoms with Crippen molar-refractivity contribution in [2.45, 2.75) is 105 Å². The first-order chi connectivity index (χ1) is 16.5. The average Bonchev–Trinajstić information content (AvgIpc) is 2.87. The molecule has 34 heavy (non-hydrogen) atoms. The largest absolute Gasteiger partial charge is 0.500 e. The van der Waals surface area contributed by atoms with Gasteiger partial charge >= 0.3 is 17.6 Å². The number of hydrogen-bond donors (Lipinski definition) is 2. The van der Waals surface area contributed by atoms with Gasteiger partial charge in [-0.05, 0) is 62.9 Å². The van der Waals surface area contributed by atoms with Gasteiger partial charge in [0.05, 0.1) is 0 Å². The maximum Gasteiger partial charge on any atom is 0.500 e. The third-order valence-corrected chi connectivity index (χ3v) is 10.9. The average molecular weight is 561 g/mol. The first kappa shape index (κ1) is 37.0. The van der Waals surface area contributed by atoms with E-state index in [0.717, 1.165) is 115 Å². The predicted molar refractivity (Wildman–Crippen MR) is 156 cm³/mol.